The second-order valence-electron chi connectivity index (χ2n) is 8.01. The van der Waals surface area contributed by atoms with Gasteiger partial charge in [-0.1, -0.05) is 61.8 Å². The van der Waals surface area contributed by atoms with Gasteiger partial charge in [-0.3, -0.25) is 0 Å². The first-order valence-corrected chi connectivity index (χ1v) is 11.0. The Hall–Kier alpha value is -0.308. The highest BCUT2D eigenvalue weighted by Crippen LogP contribution is 2.62. The predicted molar refractivity (Wildman–Crippen MR) is 98.4 cm³/mol. The molecule has 0 aliphatic heterocycles. The molecule has 0 saturated carbocycles. The van der Waals surface area contributed by atoms with Gasteiger partial charge in [0.15, 0.2) is 0 Å². The van der Waals surface area contributed by atoms with Crippen LogP contribution in [0.15, 0.2) is 0 Å². The Bertz CT molecular complexity index is 356. The average molecular weight is 325 g/mol. The third-order valence-corrected chi connectivity index (χ3v) is 14.1. The summed E-state index contributed by atoms with van der Waals surface area (Å²) in [7, 11) is -3.23. The Balaban J connectivity index is 6.04. The normalized spacial score (nSPS) is 15.5. The molecule has 0 bridgehead atoms. The zero-order valence-electron chi connectivity index (χ0n) is 15.8. The summed E-state index contributed by atoms with van der Waals surface area (Å²) in [5.74, 6) is 0.284. The van der Waals surface area contributed by atoms with Gasteiger partial charge in [-0.2, -0.15) is 5.26 Å². The molecule has 0 spiro atoms. The molecule has 5 heteroatoms. The fourth-order valence-corrected chi connectivity index (χ4v) is 14.3. The molecule has 0 rings (SSSR count). The first-order valence-electron chi connectivity index (χ1n) is 8.78. The highest BCUT2D eigenvalue weighted by Gasteiger charge is 2.59. The van der Waals surface area contributed by atoms with Gasteiger partial charge in [0.1, 0.15) is 0 Å². The summed E-state index contributed by atoms with van der Waals surface area (Å²) in [4.78, 5) is 0. The Kier molecular flexibility index (Phi) is 8.40. The van der Waals surface area contributed by atoms with Crippen molar-refractivity contribution in [3.8, 4) is 6.07 Å². The molecule has 0 aliphatic rings. The fraction of sp³-hybridized carbons (Fsp3) is 0.941. The van der Waals surface area contributed by atoms with E-state index in [9.17, 15) is 15.3 Å². The molecule has 1 unspecified atom stereocenters. The second-order valence-corrected chi connectivity index (χ2v) is 14.2. The number of nitriles is 1. The molecule has 0 aromatic heterocycles. The Morgan fingerprint density at radius 1 is 0.955 bits per heavy atom. The van der Waals surface area contributed by atoms with Gasteiger partial charge in [0.25, 0.3) is 0 Å². The van der Waals surface area contributed by atoms with Gasteiger partial charge >= 0.3 is 7.12 Å². The van der Waals surface area contributed by atoms with Crippen LogP contribution in [0.5, 0.6) is 0 Å². The fourth-order valence-electron chi connectivity index (χ4n) is 5.40. The lowest BCUT2D eigenvalue weighted by Crippen LogP contribution is -2.57. The lowest BCUT2D eigenvalue weighted by atomic mass is 9.80. The molecule has 3 nitrogen and oxygen atoms in total. The van der Waals surface area contributed by atoms with Gasteiger partial charge in [0.2, 0.25) is 0 Å². The Morgan fingerprint density at radius 3 is 1.59 bits per heavy atom. The van der Waals surface area contributed by atoms with Crippen molar-refractivity contribution in [2.24, 2.45) is 5.92 Å². The maximum absolute atomic E-state index is 10.3. The van der Waals surface area contributed by atoms with E-state index in [1.165, 1.54) is 0 Å². The number of hydrogen-bond acceptors (Lipinski definition) is 3. The summed E-state index contributed by atoms with van der Waals surface area (Å²) in [5, 5.41) is 28.3. The van der Waals surface area contributed by atoms with Crippen LogP contribution in [0, 0.1) is 17.2 Å². The molecule has 0 aromatic carbocycles. The molecule has 0 fully saturated rings. The van der Waals surface area contributed by atoms with Crippen LogP contribution in [0.25, 0.3) is 0 Å². The van der Waals surface area contributed by atoms with Crippen LogP contribution in [0.1, 0.15) is 68.2 Å². The van der Waals surface area contributed by atoms with Crippen molar-refractivity contribution >= 4 is 15.2 Å². The minimum absolute atomic E-state index is 0.284. The van der Waals surface area contributed by atoms with Gasteiger partial charge in [0, 0.05) is 0 Å². The summed E-state index contributed by atoms with van der Waals surface area (Å²) in [6.07, 6.45) is 1.83. The van der Waals surface area contributed by atoms with Gasteiger partial charge < -0.3 is 10.0 Å². The van der Waals surface area contributed by atoms with E-state index in [1.54, 1.807) is 0 Å². The van der Waals surface area contributed by atoms with Gasteiger partial charge in [0.05, 0.1) is 19.2 Å². The van der Waals surface area contributed by atoms with Gasteiger partial charge in [-0.05, 0) is 35.3 Å². The van der Waals surface area contributed by atoms with Crippen molar-refractivity contribution in [3.63, 3.8) is 0 Å². The molecular formula is C17H36BNO2Si. The minimum atomic E-state index is -1.97. The molecule has 2 N–H and O–H groups in total. The first-order chi connectivity index (χ1) is 10.0. The molecule has 0 heterocycles. The molecule has 0 aromatic rings. The molecule has 1 atom stereocenters. The van der Waals surface area contributed by atoms with Crippen LogP contribution in [-0.2, 0) is 0 Å². The van der Waals surface area contributed by atoms with E-state index in [4.69, 9.17) is 0 Å². The third-order valence-electron chi connectivity index (χ3n) is 5.86. The van der Waals surface area contributed by atoms with E-state index in [0.717, 1.165) is 6.42 Å². The highest BCUT2D eigenvalue weighted by molar-refractivity contribution is 6.87. The summed E-state index contributed by atoms with van der Waals surface area (Å²) in [5.41, 5.74) is 1.57. The molecule has 0 saturated heterocycles. The molecule has 0 amide bonds. The first kappa shape index (κ1) is 21.7. The predicted octanol–water partition coefficient (Wildman–Crippen LogP) is 4.84. The van der Waals surface area contributed by atoms with Crippen LogP contribution < -0.4 is 0 Å². The SMILES string of the molecule is CC(C)C(C#N)(CCCB(O)O)[Si](C(C)C)(C(C)C)C(C)C. The molecule has 0 radical (unpaired) electrons. The summed E-state index contributed by atoms with van der Waals surface area (Å²) in [6.45, 7) is 18.1. The van der Waals surface area contributed by atoms with Crippen LogP contribution in [0.4, 0.5) is 0 Å². The van der Waals surface area contributed by atoms with Crippen molar-refractivity contribution in [1.82, 2.24) is 0 Å². The number of hydrogen-bond donors (Lipinski definition) is 2. The highest BCUT2D eigenvalue weighted by atomic mass is 28.3. The van der Waals surface area contributed by atoms with E-state index in [1.807, 2.05) is 0 Å². The number of rotatable bonds is 9. The van der Waals surface area contributed by atoms with E-state index < -0.39 is 15.2 Å². The van der Waals surface area contributed by atoms with E-state index in [2.05, 4.69) is 61.5 Å². The average Bonchev–Trinajstić information content (AvgIpc) is 2.35. The summed E-state index contributed by atoms with van der Waals surface area (Å²) in [6, 6.07) is 2.77. The maximum atomic E-state index is 10.3. The number of nitrogens with zero attached hydrogens (tertiary/aromatic N) is 1. The zero-order valence-corrected chi connectivity index (χ0v) is 16.8. The van der Waals surface area contributed by atoms with E-state index in [-0.39, 0.29) is 11.0 Å². The zero-order chi connectivity index (χ0) is 17.7. The van der Waals surface area contributed by atoms with Crippen LogP contribution in [0.3, 0.4) is 0 Å². The minimum Gasteiger partial charge on any atom is -0.427 e. The molecule has 128 valence electrons. The smallest absolute Gasteiger partial charge is 0.427 e. The lowest BCUT2D eigenvalue weighted by Gasteiger charge is -2.56. The van der Waals surface area contributed by atoms with Crippen molar-refractivity contribution in [2.75, 3.05) is 0 Å². The standard InChI is InChI=1S/C17H36BNO2Si/c1-13(2)17(12-19,10-9-11-18(20)21)22(14(3)4,15(5)6)16(7)8/h13-16,20-21H,9-11H2,1-8H3. The van der Waals surface area contributed by atoms with Crippen LogP contribution in [-0.4, -0.2) is 25.2 Å². The topological polar surface area (TPSA) is 64.2 Å². The molecule has 0 aliphatic carbocycles. The summed E-state index contributed by atoms with van der Waals surface area (Å²) >= 11 is 0. The monoisotopic (exact) mass is 325 g/mol. The Labute approximate surface area is 139 Å². The third kappa shape index (κ3) is 3.77. The summed E-state index contributed by atoms with van der Waals surface area (Å²) < 4.78 is 0. The molecule has 22 heavy (non-hydrogen) atoms. The maximum Gasteiger partial charge on any atom is 0.451 e. The van der Waals surface area contributed by atoms with Crippen LogP contribution >= 0.6 is 0 Å². The lowest BCUT2D eigenvalue weighted by molar-refractivity contribution is 0.386. The van der Waals surface area contributed by atoms with Crippen molar-refractivity contribution in [2.45, 2.75) is 96.2 Å². The van der Waals surface area contributed by atoms with Crippen molar-refractivity contribution in [1.29, 1.82) is 5.26 Å². The van der Waals surface area contributed by atoms with Gasteiger partial charge in [-0.25, -0.2) is 0 Å². The second kappa shape index (κ2) is 8.52. The van der Waals surface area contributed by atoms with Gasteiger partial charge in [-0.15, -0.1) is 0 Å². The largest absolute Gasteiger partial charge is 0.451 e. The van der Waals surface area contributed by atoms with Crippen LogP contribution in [0.2, 0.25) is 28.0 Å². The van der Waals surface area contributed by atoms with Crippen molar-refractivity contribution < 1.29 is 10.0 Å². The quantitative estimate of drug-likeness (QED) is 0.596. The van der Waals surface area contributed by atoms with E-state index in [0.29, 0.717) is 29.4 Å². The molecular weight excluding hydrogens is 289 g/mol. The Morgan fingerprint density at radius 2 is 1.36 bits per heavy atom. The van der Waals surface area contributed by atoms with Crippen molar-refractivity contribution in [3.05, 3.63) is 0 Å². The van der Waals surface area contributed by atoms with E-state index >= 15 is 0 Å².